The van der Waals surface area contributed by atoms with Crippen LogP contribution in [0.15, 0.2) is 49.1 Å². The van der Waals surface area contributed by atoms with E-state index in [9.17, 15) is 9.18 Å². The number of amides is 1. The number of thiophene rings is 1. The van der Waals surface area contributed by atoms with Crippen LogP contribution in [0.3, 0.4) is 0 Å². The Morgan fingerprint density at radius 3 is 2.67 bits per heavy atom. The molecule has 0 aliphatic heterocycles. The molecule has 0 unspecified atom stereocenters. The summed E-state index contributed by atoms with van der Waals surface area (Å²) in [6, 6.07) is 10.1. The first-order valence-corrected chi connectivity index (χ1v) is 8.85. The van der Waals surface area contributed by atoms with E-state index in [-0.39, 0.29) is 11.7 Å². The van der Waals surface area contributed by atoms with E-state index in [1.807, 2.05) is 17.0 Å². The smallest absolute Gasteiger partial charge is 0.234 e. The molecule has 128 valence electrons. The highest BCUT2D eigenvalue weighted by Gasteiger charge is 2.11. The lowest BCUT2D eigenvalue weighted by Crippen LogP contribution is -2.37. The Morgan fingerprint density at radius 1 is 1.29 bits per heavy atom. The molecule has 0 spiro atoms. The second-order valence-corrected chi connectivity index (χ2v) is 7.19. The molecule has 3 nitrogen and oxygen atoms in total. The van der Waals surface area contributed by atoms with Crippen LogP contribution in [0.1, 0.15) is 10.4 Å². The van der Waals surface area contributed by atoms with Gasteiger partial charge in [-0.05, 0) is 36.2 Å². The zero-order valence-corrected chi connectivity index (χ0v) is 14.9. The molecule has 1 aromatic carbocycles. The second kappa shape index (κ2) is 9.57. The maximum Gasteiger partial charge on any atom is 0.234 e. The predicted octanol–water partition coefficient (Wildman–Crippen LogP) is 3.89. The van der Waals surface area contributed by atoms with Gasteiger partial charge in [0.15, 0.2) is 0 Å². The zero-order valence-electron chi connectivity index (χ0n) is 13.3. The molecule has 0 fully saturated rings. The number of benzene rings is 1. The summed E-state index contributed by atoms with van der Waals surface area (Å²) < 4.78 is 13.6. The highest BCUT2D eigenvalue weighted by Crippen LogP contribution is 2.22. The van der Waals surface area contributed by atoms with Crippen molar-refractivity contribution in [3.8, 4) is 0 Å². The van der Waals surface area contributed by atoms with Crippen LogP contribution in [0.2, 0.25) is 4.34 Å². The van der Waals surface area contributed by atoms with Gasteiger partial charge in [-0.2, -0.15) is 0 Å². The molecule has 1 heterocycles. The SMILES string of the molecule is C=CCN(CC(=O)NCCc1ccc(F)cc1)Cc1ccc(Cl)s1. The molecule has 24 heavy (non-hydrogen) atoms. The van der Waals surface area contributed by atoms with Crippen molar-refractivity contribution < 1.29 is 9.18 Å². The normalized spacial score (nSPS) is 10.8. The number of nitrogens with zero attached hydrogens (tertiary/aromatic N) is 1. The first-order valence-electron chi connectivity index (χ1n) is 7.65. The summed E-state index contributed by atoms with van der Waals surface area (Å²) in [7, 11) is 0. The van der Waals surface area contributed by atoms with Gasteiger partial charge in [-0.3, -0.25) is 9.69 Å². The molecular formula is C18H20ClFN2OS. The van der Waals surface area contributed by atoms with E-state index in [0.717, 1.165) is 14.8 Å². The van der Waals surface area contributed by atoms with Crippen molar-refractivity contribution in [2.45, 2.75) is 13.0 Å². The fourth-order valence-electron chi connectivity index (χ4n) is 2.28. The van der Waals surface area contributed by atoms with E-state index in [4.69, 9.17) is 11.6 Å². The van der Waals surface area contributed by atoms with E-state index < -0.39 is 0 Å². The van der Waals surface area contributed by atoms with Gasteiger partial charge in [0, 0.05) is 24.5 Å². The van der Waals surface area contributed by atoms with E-state index in [1.165, 1.54) is 23.5 Å². The average Bonchev–Trinajstić information content (AvgIpc) is 2.94. The molecule has 0 aliphatic carbocycles. The van der Waals surface area contributed by atoms with Crippen molar-refractivity contribution in [3.63, 3.8) is 0 Å². The van der Waals surface area contributed by atoms with Gasteiger partial charge in [0.2, 0.25) is 5.91 Å². The molecule has 2 aromatic rings. The lowest BCUT2D eigenvalue weighted by molar-refractivity contribution is -0.122. The van der Waals surface area contributed by atoms with Crippen LogP contribution in [0, 0.1) is 5.82 Å². The third kappa shape index (κ3) is 6.43. The summed E-state index contributed by atoms with van der Waals surface area (Å²) in [6.07, 6.45) is 2.45. The number of hydrogen-bond acceptors (Lipinski definition) is 3. The first kappa shape index (κ1) is 18.6. The van der Waals surface area contributed by atoms with Gasteiger partial charge in [0.1, 0.15) is 5.82 Å². The predicted molar refractivity (Wildman–Crippen MR) is 97.9 cm³/mol. The quantitative estimate of drug-likeness (QED) is 0.683. The monoisotopic (exact) mass is 366 g/mol. The lowest BCUT2D eigenvalue weighted by Gasteiger charge is -2.19. The summed E-state index contributed by atoms with van der Waals surface area (Å²) in [5, 5.41) is 2.89. The van der Waals surface area contributed by atoms with Crippen LogP contribution in [-0.2, 0) is 17.8 Å². The Morgan fingerprint density at radius 2 is 2.04 bits per heavy atom. The topological polar surface area (TPSA) is 32.3 Å². The highest BCUT2D eigenvalue weighted by molar-refractivity contribution is 7.16. The molecule has 0 saturated carbocycles. The average molecular weight is 367 g/mol. The van der Waals surface area contributed by atoms with E-state index in [0.29, 0.717) is 32.6 Å². The van der Waals surface area contributed by atoms with E-state index in [2.05, 4.69) is 11.9 Å². The van der Waals surface area contributed by atoms with Crippen LogP contribution >= 0.6 is 22.9 Å². The zero-order chi connectivity index (χ0) is 17.4. The van der Waals surface area contributed by atoms with E-state index >= 15 is 0 Å². The summed E-state index contributed by atoms with van der Waals surface area (Å²) in [5.74, 6) is -0.293. The van der Waals surface area contributed by atoms with Crippen molar-refractivity contribution in [1.29, 1.82) is 0 Å². The summed E-state index contributed by atoms with van der Waals surface area (Å²) >= 11 is 7.45. The Bertz CT molecular complexity index is 672. The van der Waals surface area contributed by atoms with Crippen molar-refractivity contribution in [3.05, 3.63) is 69.6 Å². The molecule has 1 amide bonds. The fourth-order valence-corrected chi connectivity index (χ4v) is 3.41. The number of halogens is 2. The number of carbonyl (C=O) groups is 1. The van der Waals surface area contributed by atoms with Crippen LogP contribution in [0.25, 0.3) is 0 Å². The lowest BCUT2D eigenvalue weighted by atomic mass is 10.1. The largest absolute Gasteiger partial charge is 0.355 e. The minimum Gasteiger partial charge on any atom is -0.355 e. The van der Waals surface area contributed by atoms with Gasteiger partial charge in [0.05, 0.1) is 10.9 Å². The maximum absolute atomic E-state index is 12.8. The molecule has 2 rings (SSSR count). The third-order valence-corrected chi connectivity index (χ3v) is 4.63. The summed E-state index contributed by atoms with van der Waals surface area (Å²) in [5.41, 5.74) is 0.993. The Hall–Kier alpha value is -1.69. The number of rotatable bonds is 9. The van der Waals surface area contributed by atoms with Crippen molar-refractivity contribution >= 4 is 28.8 Å². The van der Waals surface area contributed by atoms with Crippen molar-refractivity contribution in [2.24, 2.45) is 0 Å². The van der Waals surface area contributed by atoms with Crippen molar-refractivity contribution in [1.82, 2.24) is 10.2 Å². The van der Waals surface area contributed by atoms with Gasteiger partial charge in [-0.15, -0.1) is 17.9 Å². The minimum absolute atomic E-state index is 0.0402. The third-order valence-electron chi connectivity index (χ3n) is 3.41. The number of hydrogen-bond donors (Lipinski definition) is 1. The summed E-state index contributed by atoms with van der Waals surface area (Å²) in [6.45, 7) is 5.85. The van der Waals surface area contributed by atoms with Crippen molar-refractivity contribution in [2.75, 3.05) is 19.6 Å². The van der Waals surface area contributed by atoms with Gasteiger partial charge in [-0.1, -0.05) is 29.8 Å². The first-order chi connectivity index (χ1) is 11.6. The standard InChI is InChI=1S/C18H20ClFN2OS/c1-2-11-22(12-16-7-8-17(19)24-16)13-18(23)21-10-9-14-3-5-15(20)6-4-14/h2-8H,1,9-13H2,(H,21,23). The van der Waals surface area contributed by atoms with Crippen LogP contribution < -0.4 is 5.32 Å². The molecule has 0 bridgehead atoms. The second-order valence-electron chi connectivity index (χ2n) is 5.39. The van der Waals surface area contributed by atoms with E-state index in [1.54, 1.807) is 18.2 Å². The molecule has 1 aromatic heterocycles. The molecule has 0 atom stereocenters. The van der Waals surface area contributed by atoms with Crippen LogP contribution in [-0.4, -0.2) is 30.4 Å². The Kier molecular flexibility index (Phi) is 7.43. The fraction of sp³-hybridized carbons (Fsp3) is 0.278. The highest BCUT2D eigenvalue weighted by atomic mass is 35.5. The molecule has 1 N–H and O–H groups in total. The van der Waals surface area contributed by atoms with Gasteiger partial charge < -0.3 is 5.32 Å². The Labute approximate surface area is 150 Å². The van der Waals surface area contributed by atoms with Gasteiger partial charge >= 0.3 is 0 Å². The molecular weight excluding hydrogens is 347 g/mol. The molecule has 0 aliphatic rings. The molecule has 0 saturated heterocycles. The Balaban J connectivity index is 1.77. The van der Waals surface area contributed by atoms with Crippen LogP contribution in [0.5, 0.6) is 0 Å². The molecule has 0 radical (unpaired) electrons. The van der Waals surface area contributed by atoms with Crippen LogP contribution in [0.4, 0.5) is 4.39 Å². The number of carbonyl (C=O) groups excluding carboxylic acids is 1. The van der Waals surface area contributed by atoms with Gasteiger partial charge in [-0.25, -0.2) is 4.39 Å². The number of nitrogens with one attached hydrogen (secondary N) is 1. The molecule has 6 heteroatoms. The minimum atomic E-state index is -0.253. The van der Waals surface area contributed by atoms with Gasteiger partial charge in [0.25, 0.3) is 0 Å². The maximum atomic E-state index is 12.8. The summed E-state index contributed by atoms with van der Waals surface area (Å²) in [4.78, 5) is 15.2.